The van der Waals surface area contributed by atoms with E-state index in [0.29, 0.717) is 48.6 Å². The maximum absolute atomic E-state index is 13.5. The summed E-state index contributed by atoms with van der Waals surface area (Å²) in [6.45, 7) is 10.9. The van der Waals surface area contributed by atoms with Crippen molar-refractivity contribution in [1.82, 2.24) is 9.80 Å². The van der Waals surface area contributed by atoms with Gasteiger partial charge in [-0.25, -0.2) is 4.79 Å². The van der Waals surface area contributed by atoms with Crippen LogP contribution >= 0.6 is 0 Å². The zero-order valence-corrected chi connectivity index (χ0v) is 24.9. The molecule has 224 valence electrons. The molecule has 2 amide bonds. The second kappa shape index (κ2) is 11.9. The minimum Gasteiger partial charge on any atom is -0.497 e. The number of nitrogens with zero attached hydrogens (tertiary/aromatic N) is 4. The Balaban J connectivity index is 1.37. The van der Waals surface area contributed by atoms with Gasteiger partial charge in [-0.05, 0) is 46.0 Å². The molecule has 2 saturated heterocycles. The van der Waals surface area contributed by atoms with Crippen molar-refractivity contribution in [2.45, 2.75) is 26.4 Å². The SMILES string of the molecule is COc1cc(N2CCN(C)CC2)c2oc(C(=O)Nc3ccccc3N3CCN(C(=O)OC(C)(C)C)CC3)cc(=O)c2c1. The molecule has 3 heterocycles. The summed E-state index contributed by atoms with van der Waals surface area (Å²) in [5.74, 6) is -0.0341. The molecule has 2 fully saturated rings. The molecule has 11 nitrogen and oxygen atoms in total. The van der Waals surface area contributed by atoms with Crippen molar-refractivity contribution in [2.24, 2.45) is 0 Å². The number of carbonyl (C=O) groups excluding carboxylic acids is 2. The molecule has 0 spiro atoms. The Morgan fingerprint density at radius 2 is 1.52 bits per heavy atom. The van der Waals surface area contributed by atoms with Gasteiger partial charge in [0, 0.05) is 64.5 Å². The molecule has 1 aromatic heterocycles. The minimum atomic E-state index is -0.555. The number of methoxy groups -OCH3 is 1. The van der Waals surface area contributed by atoms with Crippen LogP contribution in [-0.4, -0.2) is 93.9 Å². The van der Waals surface area contributed by atoms with Gasteiger partial charge in [-0.15, -0.1) is 0 Å². The number of amides is 2. The van der Waals surface area contributed by atoms with Crippen molar-refractivity contribution in [1.29, 1.82) is 0 Å². The van der Waals surface area contributed by atoms with Gasteiger partial charge in [0.05, 0.1) is 29.6 Å². The maximum atomic E-state index is 13.5. The molecule has 2 aliphatic rings. The first-order chi connectivity index (χ1) is 20.0. The Kier molecular flexibility index (Phi) is 8.31. The van der Waals surface area contributed by atoms with Gasteiger partial charge in [0.2, 0.25) is 0 Å². The first-order valence-corrected chi connectivity index (χ1v) is 14.2. The summed E-state index contributed by atoms with van der Waals surface area (Å²) in [6, 6.07) is 12.2. The van der Waals surface area contributed by atoms with E-state index in [1.54, 1.807) is 18.1 Å². The van der Waals surface area contributed by atoms with Crippen LogP contribution in [0.3, 0.4) is 0 Å². The molecule has 0 aliphatic carbocycles. The van der Waals surface area contributed by atoms with Crippen molar-refractivity contribution in [3.05, 3.63) is 58.4 Å². The Labute approximate surface area is 245 Å². The first-order valence-electron chi connectivity index (χ1n) is 14.2. The standard InChI is InChI=1S/C31H39N5O6/c1-31(2,3)42-30(39)36-16-14-34(15-17-36)24-9-7-6-8-23(24)32-29(38)27-20-26(37)22-18-21(40-5)19-25(28(22)41-27)35-12-10-33(4)11-13-35/h6-9,18-20H,10-17H2,1-5H3,(H,32,38). The lowest BCUT2D eigenvalue weighted by atomic mass is 10.1. The molecule has 0 bridgehead atoms. The van der Waals surface area contributed by atoms with Gasteiger partial charge in [-0.1, -0.05) is 12.1 Å². The smallest absolute Gasteiger partial charge is 0.410 e. The minimum absolute atomic E-state index is 0.0717. The fourth-order valence-corrected chi connectivity index (χ4v) is 5.22. The molecule has 2 aromatic carbocycles. The number of anilines is 3. The van der Waals surface area contributed by atoms with E-state index in [1.165, 1.54) is 6.07 Å². The fraction of sp³-hybridized carbons (Fsp3) is 0.452. The zero-order valence-electron chi connectivity index (χ0n) is 24.9. The van der Waals surface area contributed by atoms with Crippen LogP contribution in [-0.2, 0) is 4.74 Å². The zero-order chi connectivity index (χ0) is 30.0. The van der Waals surface area contributed by atoms with Crippen LogP contribution in [0.25, 0.3) is 11.0 Å². The van der Waals surface area contributed by atoms with Crippen LogP contribution in [0.5, 0.6) is 5.75 Å². The third-order valence-corrected chi connectivity index (χ3v) is 7.51. The monoisotopic (exact) mass is 577 g/mol. The van der Waals surface area contributed by atoms with Crippen LogP contribution in [0.2, 0.25) is 0 Å². The van der Waals surface area contributed by atoms with E-state index in [1.807, 2.05) is 51.1 Å². The number of rotatable bonds is 5. The summed E-state index contributed by atoms with van der Waals surface area (Å²) in [5, 5.41) is 3.31. The number of para-hydroxylation sites is 2. The first kappa shape index (κ1) is 29.2. The molecule has 1 N–H and O–H groups in total. The lowest BCUT2D eigenvalue weighted by molar-refractivity contribution is 0.0240. The third kappa shape index (κ3) is 6.46. The number of hydrogen-bond donors (Lipinski definition) is 1. The number of likely N-dealkylation sites (N-methyl/N-ethyl adjacent to an activating group) is 1. The molecular weight excluding hydrogens is 538 g/mol. The molecule has 3 aromatic rings. The molecule has 0 saturated carbocycles. The summed E-state index contributed by atoms with van der Waals surface area (Å²) in [6.07, 6.45) is -0.330. The number of fused-ring (bicyclic) bond motifs is 1. The molecule has 0 atom stereocenters. The summed E-state index contributed by atoms with van der Waals surface area (Å²) >= 11 is 0. The van der Waals surface area contributed by atoms with E-state index in [-0.39, 0.29) is 17.3 Å². The Hall–Kier alpha value is -4.25. The lowest BCUT2D eigenvalue weighted by Crippen LogP contribution is -2.50. The average Bonchev–Trinajstić information content (AvgIpc) is 2.96. The Bertz CT molecular complexity index is 1510. The number of carbonyl (C=O) groups is 2. The second-order valence-corrected chi connectivity index (χ2v) is 11.7. The van der Waals surface area contributed by atoms with Gasteiger partial charge in [0.15, 0.2) is 16.8 Å². The fourth-order valence-electron chi connectivity index (χ4n) is 5.22. The van der Waals surface area contributed by atoms with Crippen LogP contribution < -0.4 is 25.3 Å². The largest absolute Gasteiger partial charge is 0.497 e. The van der Waals surface area contributed by atoms with E-state index in [0.717, 1.165) is 37.6 Å². The number of nitrogens with one attached hydrogen (secondary N) is 1. The van der Waals surface area contributed by atoms with Gasteiger partial charge >= 0.3 is 6.09 Å². The summed E-state index contributed by atoms with van der Waals surface area (Å²) in [7, 11) is 3.63. The van der Waals surface area contributed by atoms with Crippen LogP contribution in [0, 0.1) is 0 Å². The van der Waals surface area contributed by atoms with Gasteiger partial charge in [-0.3, -0.25) is 9.59 Å². The van der Waals surface area contributed by atoms with Crippen LogP contribution in [0.4, 0.5) is 21.9 Å². The summed E-state index contributed by atoms with van der Waals surface area (Å²) in [5.41, 5.74) is 1.63. The maximum Gasteiger partial charge on any atom is 0.410 e. The highest BCUT2D eigenvalue weighted by Gasteiger charge is 2.27. The lowest BCUT2D eigenvalue weighted by Gasteiger charge is -2.37. The molecule has 5 rings (SSSR count). The van der Waals surface area contributed by atoms with Gasteiger partial charge in [0.1, 0.15) is 11.4 Å². The van der Waals surface area contributed by atoms with Gasteiger partial charge in [-0.2, -0.15) is 0 Å². The summed E-state index contributed by atoms with van der Waals surface area (Å²) in [4.78, 5) is 47.4. The van der Waals surface area contributed by atoms with E-state index in [2.05, 4.69) is 27.1 Å². The van der Waals surface area contributed by atoms with Crippen LogP contribution in [0.15, 0.2) is 51.7 Å². The predicted octanol–water partition coefficient (Wildman–Crippen LogP) is 3.86. The van der Waals surface area contributed by atoms with Crippen molar-refractivity contribution in [3.8, 4) is 5.75 Å². The van der Waals surface area contributed by atoms with E-state index in [4.69, 9.17) is 13.9 Å². The van der Waals surface area contributed by atoms with Crippen molar-refractivity contribution < 1.29 is 23.5 Å². The van der Waals surface area contributed by atoms with E-state index < -0.39 is 11.5 Å². The van der Waals surface area contributed by atoms with Crippen molar-refractivity contribution >= 4 is 40.0 Å². The number of ether oxygens (including phenoxy) is 2. The Morgan fingerprint density at radius 3 is 2.19 bits per heavy atom. The molecule has 0 unspecified atom stereocenters. The topological polar surface area (TPSA) is 108 Å². The van der Waals surface area contributed by atoms with E-state index in [9.17, 15) is 14.4 Å². The molecule has 0 radical (unpaired) electrons. The van der Waals surface area contributed by atoms with Crippen molar-refractivity contribution in [3.63, 3.8) is 0 Å². The molecule has 42 heavy (non-hydrogen) atoms. The normalized spacial score (nSPS) is 16.5. The van der Waals surface area contributed by atoms with Crippen molar-refractivity contribution in [2.75, 3.05) is 81.6 Å². The number of piperazine rings is 2. The third-order valence-electron chi connectivity index (χ3n) is 7.51. The van der Waals surface area contributed by atoms with Gasteiger partial charge in [0.25, 0.3) is 5.91 Å². The average molecular weight is 578 g/mol. The summed E-state index contributed by atoms with van der Waals surface area (Å²) < 4.78 is 17.1. The highest BCUT2D eigenvalue weighted by atomic mass is 16.6. The highest BCUT2D eigenvalue weighted by molar-refractivity contribution is 6.05. The molecule has 11 heteroatoms. The molecular formula is C31H39N5O6. The Morgan fingerprint density at radius 1 is 0.881 bits per heavy atom. The molecule has 2 aliphatic heterocycles. The number of hydrogen-bond acceptors (Lipinski definition) is 9. The van der Waals surface area contributed by atoms with E-state index >= 15 is 0 Å². The predicted molar refractivity (Wildman–Crippen MR) is 163 cm³/mol. The van der Waals surface area contributed by atoms with Crippen LogP contribution in [0.1, 0.15) is 31.3 Å². The second-order valence-electron chi connectivity index (χ2n) is 11.7. The highest BCUT2D eigenvalue weighted by Crippen LogP contribution is 2.33. The van der Waals surface area contributed by atoms with Gasteiger partial charge < -0.3 is 38.8 Å². The quantitative estimate of drug-likeness (QED) is 0.484. The number of benzene rings is 2.